The number of urea groups is 1. The second kappa shape index (κ2) is 9.13. The minimum atomic E-state index is -1.28. The third-order valence-electron chi connectivity index (χ3n) is 6.60. The molecule has 0 unspecified atom stereocenters. The van der Waals surface area contributed by atoms with Crippen LogP contribution in [0.15, 0.2) is 29.4 Å². The number of hydrogen-bond acceptors (Lipinski definition) is 6. The topological polar surface area (TPSA) is 137 Å². The highest BCUT2D eigenvalue weighted by Crippen LogP contribution is 2.47. The van der Waals surface area contributed by atoms with Gasteiger partial charge in [0, 0.05) is 29.4 Å². The van der Waals surface area contributed by atoms with Gasteiger partial charge in [-0.15, -0.1) is 0 Å². The third kappa shape index (κ3) is 4.64. The van der Waals surface area contributed by atoms with E-state index in [1.54, 1.807) is 26.0 Å². The SMILES string of the molecule is CC(C)C(=O)Nc1ccc(C(=O)N/N=C\[C@H]2C(=O)NC(=O)N([C@@H]3C[C@H]4CC[C@H]3C4)C2=O)cc1. The number of hydrazone groups is 1. The van der Waals surface area contributed by atoms with Crippen LogP contribution in [0.3, 0.4) is 0 Å². The smallest absolute Gasteiger partial charge is 0.326 e. The molecule has 3 aliphatic rings. The Morgan fingerprint density at radius 2 is 1.85 bits per heavy atom. The summed E-state index contributed by atoms with van der Waals surface area (Å²) >= 11 is 0. The fourth-order valence-electron chi connectivity index (χ4n) is 4.80. The van der Waals surface area contributed by atoms with Gasteiger partial charge in [-0.3, -0.25) is 29.4 Å². The molecule has 10 nitrogen and oxygen atoms in total. The first-order chi connectivity index (χ1) is 15.7. The van der Waals surface area contributed by atoms with E-state index in [2.05, 4.69) is 21.2 Å². The molecule has 33 heavy (non-hydrogen) atoms. The molecule has 1 aliphatic heterocycles. The third-order valence-corrected chi connectivity index (χ3v) is 6.60. The van der Waals surface area contributed by atoms with Crippen LogP contribution < -0.4 is 16.1 Å². The Morgan fingerprint density at radius 3 is 2.45 bits per heavy atom. The molecule has 2 saturated carbocycles. The largest absolute Gasteiger partial charge is 0.331 e. The normalized spacial score (nSPS) is 26.8. The van der Waals surface area contributed by atoms with Crippen LogP contribution >= 0.6 is 0 Å². The van der Waals surface area contributed by atoms with Gasteiger partial charge in [0.15, 0.2) is 5.92 Å². The first-order valence-corrected chi connectivity index (χ1v) is 11.2. The van der Waals surface area contributed by atoms with Crippen molar-refractivity contribution in [2.75, 3.05) is 5.32 Å². The van der Waals surface area contributed by atoms with E-state index < -0.39 is 29.7 Å². The maximum absolute atomic E-state index is 12.9. The predicted octanol–water partition coefficient (Wildman–Crippen LogP) is 1.88. The van der Waals surface area contributed by atoms with Gasteiger partial charge in [-0.1, -0.05) is 20.3 Å². The molecule has 0 radical (unpaired) electrons. The fraction of sp³-hybridized carbons (Fsp3) is 0.478. The lowest BCUT2D eigenvalue weighted by atomic mass is 9.92. The van der Waals surface area contributed by atoms with Crippen molar-refractivity contribution < 1.29 is 24.0 Å². The zero-order valence-corrected chi connectivity index (χ0v) is 18.5. The maximum Gasteiger partial charge on any atom is 0.331 e. The monoisotopic (exact) mass is 453 g/mol. The number of rotatable bonds is 6. The number of imide groups is 2. The molecule has 2 bridgehead atoms. The molecule has 4 rings (SSSR count). The van der Waals surface area contributed by atoms with E-state index in [0.29, 0.717) is 11.6 Å². The molecule has 1 aromatic carbocycles. The standard InChI is InChI=1S/C23H27N5O5/c1-12(2)19(29)25-16-7-5-14(6-8-16)20(30)27-24-11-17-21(31)26-23(33)28(22(17)32)18-10-13-3-4-15(18)9-13/h5-8,11-13,15,17-18H,3-4,9-10H2,1-2H3,(H,25,29)(H,27,30)(H,26,31,33)/b24-11-/t13-,15-,17-,18+/m0/s1. The number of nitrogens with one attached hydrogen (secondary N) is 3. The van der Waals surface area contributed by atoms with Crippen LogP contribution in [0.5, 0.6) is 0 Å². The van der Waals surface area contributed by atoms with Crippen molar-refractivity contribution >= 4 is 41.6 Å². The van der Waals surface area contributed by atoms with Crippen LogP contribution in [0.1, 0.15) is 49.9 Å². The molecule has 4 atom stereocenters. The molecule has 3 N–H and O–H groups in total. The first kappa shape index (κ1) is 22.6. The molecule has 174 valence electrons. The molecule has 2 aliphatic carbocycles. The zero-order valence-electron chi connectivity index (χ0n) is 18.5. The van der Waals surface area contributed by atoms with E-state index in [9.17, 15) is 24.0 Å². The number of fused-ring (bicyclic) bond motifs is 2. The van der Waals surface area contributed by atoms with Crippen molar-refractivity contribution in [2.24, 2.45) is 28.8 Å². The average molecular weight is 453 g/mol. The molecule has 0 aromatic heterocycles. The zero-order chi connectivity index (χ0) is 23.7. The van der Waals surface area contributed by atoms with Gasteiger partial charge < -0.3 is 5.32 Å². The highest BCUT2D eigenvalue weighted by molar-refractivity contribution is 6.23. The van der Waals surface area contributed by atoms with Crippen molar-refractivity contribution in [1.29, 1.82) is 0 Å². The Labute approximate surface area is 191 Å². The number of anilines is 1. The van der Waals surface area contributed by atoms with Crippen molar-refractivity contribution in [1.82, 2.24) is 15.6 Å². The van der Waals surface area contributed by atoms with Gasteiger partial charge in [-0.2, -0.15) is 5.10 Å². The molecular formula is C23H27N5O5. The number of hydrogen-bond donors (Lipinski definition) is 3. The Bertz CT molecular complexity index is 1020. The molecule has 1 saturated heterocycles. The lowest BCUT2D eigenvalue weighted by Gasteiger charge is -2.36. The van der Waals surface area contributed by atoms with E-state index in [1.165, 1.54) is 17.0 Å². The number of barbiturate groups is 1. The van der Waals surface area contributed by atoms with Gasteiger partial charge in [-0.25, -0.2) is 10.2 Å². The van der Waals surface area contributed by atoms with Crippen LogP contribution in [0.4, 0.5) is 10.5 Å². The molecule has 6 amide bonds. The van der Waals surface area contributed by atoms with Crippen LogP contribution in [-0.2, 0) is 14.4 Å². The van der Waals surface area contributed by atoms with E-state index in [-0.39, 0.29) is 29.3 Å². The average Bonchev–Trinajstić information content (AvgIpc) is 3.40. The number of amides is 6. The van der Waals surface area contributed by atoms with E-state index in [4.69, 9.17) is 0 Å². The van der Waals surface area contributed by atoms with Crippen LogP contribution in [0, 0.1) is 23.7 Å². The summed E-state index contributed by atoms with van der Waals surface area (Å²) in [6.07, 6.45) is 4.93. The minimum absolute atomic E-state index is 0.134. The Hall–Kier alpha value is -3.56. The van der Waals surface area contributed by atoms with Crippen LogP contribution in [0.2, 0.25) is 0 Å². The van der Waals surface area contributed by atoms with Gasteiger partial charge in [0.25, 0.3) is 5.91 Å². The summed E-state index contributed by atoms with van der Waals surface area (Å²) in [7, 11) is 0. The van der Waals surface area contributed by atoms with Crippen molar-refractivity contribution in [3.8, 4) is 0 Å². The summed E-state index contributed by atoms with van der Waals surface area (Å²) < 4.78 is 0. The number of benzene rings is 1. The van der Waals surface area contributed by atoms with Crippen LogP contribution in [0.25, 0.3) is 0 Å². The second-order valence-electron chi connectivity index (χ2n) is 9.16. The molecular weight excluding hydrogens is 426 g/mol. The van der Waals surface area contributed by atoms with Gasteiger partial charge in [0.05, 0.1) is 0 Å². The van der Waals surface area contributed by atoms with Gasteiger partial charge in [0.1, 0.15) is 0 Å². The minimum Gasteiger partial charge on any atom is -0.326 e. The number of nitrogens with zero attached hydrogens (tertiary/aromatic N) is 2. The summed E-state index contributed by atoms with van der Waals surface area (Å²) in [5.74, 6) is -2.69. The van der Waals surface area contributed by atoms with E-state index >= 15 is 0 Å². The van der Waals surface area contributed by atoms with Crippen molar-refractivity contribution in [3.63, 3.8) is 0 Å². The number of carbonyl (C=O) groups is 5. The molecule has 1 aromatic rings. The Morgan fingerprint density at radius 1 is 1.12 bits per heavy atom. The summed E-state index contributed by atoms with van der Waals surface area (Å²) in [6.45, 7) is 3.55. The predicted molar refractivity (Wildman–Crippen MR) is 119 cm³/mol. The first-order valence-electron chi connectivity index (χ1n) is 11.2. The number of carbonyl (C=O) groups excluding carboxylic acids is 5. The van der Waals surface area contributed by atoms with Crippen molar-refractivity contribution in [2.45, 2.75) is 45.6 Å². The highest BCUT2D eigenvalue weighted by Gasteiger charge is 2.50. The van der Waals surface area contributed by atoms with Gasteiger partial charge >= 0.3 is 6.03 Å². The van der Waals surface area contributed by atoms with Gasteiger partial charge in [-0.05, 0) is 55.4 Å². The summed E-state index contributed by atoms with van der Waals surface area (Å²) in [6, 6.07) is 5.36. The Balaban J connectivity index is 1.37. The fourth-order valence-corrected chi connectivity index (χ4v) is 4.80. The maximum atomic E-state index is 12.9. The lowest BCUT2D eigenvalue weighted by Crippen LogP contribution is -2.62. The quantitative estimate of drug-likeness (QED) is 0.343. The second-order valence-corrected chi connectivity index (χ2v) is 9.16. The summed E-state index contributed by atoms with van der Waals surface area (Å²) in [4.78, 5) is 62.8. The lowest BCUT2D eigenvalue weighted by molar-refractivity contribution is -0.141. The van der Waals surface area contributed by atoms with Gasteiger partial charge in [0.2, 0.25) is 17.7 Å². The summed E-state index contributed by atoms with van der Waals surface area (Å²) in [5.41, 5.74) is 3.14. The summed E-state index contributed by atoms with van der Waals surface area (Å²) in [5, 5.41) is 8.75. The van der Waals surface area contributed by atoms with E-state index in [1.807, 2.05) is 0 Å². The molecule has 1 heterocycles. The molecule has 3 fully saturated rings. The molecule has 10 heteroatoms. The Kier molecular flexibility index (Phi) is 6.26. The van der Waals surface area contributed by atoms with Crippen LogP contribution in [-0.4, -0.2) is 46.8 Å². The highest BCUT2D eigenvalue weighted by atomic mass is 16.2. The molecule has 0 spiro atoms. The van der Waals surface area contributed by atoms with Crippen molar-refractivity contribution in [3.05, 3.63) is 29.8 Å². The van der Waals surface area contributed by atoms with E-state index in [0.717, 1.165) is 31.9 Å².